The van der Waals surface area contributed by atoms with Crippen LogP contribution in [0.15, 0.2) is 30.3 Å². The molecule has 0 N–H and O–H groups in total. The molecule has 1 atom stereocenters. The molecule has 96 valence electrons. The van der Waals surface area contributed by atoms with E-state index in [1.54, 1.807) is 12.1 Å². The first-order valence-corrected chi connectivity index (χ1v) is 6.51. The predicted octanol–water partition coefficient (Wildman–Crippen LogP) is 2.86. The third kappa shape index (κ3) is 2.61. The third-order valence-electron chi connectivity index (χ3n) is 3.31. The third-order valence-corrected chi connectivity index (χ3v) is 3.31. The summed E-state index contributed by atoms with van der Waals surface area (Å²) in [6.07, 6.45) is 2.19. The van der Waals surface area contributed by atoms with Crippen LogP contribution in [0.4, 0.5) is 0 Å². The molecule has 0 spiro atoms. The van der Waals surface area contributed by atoms with Crippen LogP contribution in [0.3, 0.4) is 0 Å². The molecule has 1 aliphatic rings. The van der Waals surface area contributed by atoms with Crippen molar-refractivity contribution in [3.05, 3.63) is 35.9 Å². The quantitative estimate of drug-likeness (QED) is 0.768. The molecule has 1 aromatic rings. The van der Waals surface area contributed by atoms with E-state index in [9.17, 15) is 9.59 Å². The highest BCUT2D eigenvalue weighted by Crippen LogP contribution is 2.26. The van der Waals surface area contributed by atoms with Crippen molar-refractivity contribution in [2.75, 3.05) is 0 Å². The predicted molar refractivity (Wildman–Crippen MR) is 70.1 cm³/mol. The van der Waals surface area contributed by atoms with Crippen molar-refractivity contribution < 1.29 is 9.59 Å². The van der Waals surface area contributed by atoms with Gasteiger partial charge >= 0.3 is 0 Å². The van der Waals surface area contributed by atoms with Crippen molar-refractivity contribution in [2.45, 2.75) is 39.2 Å². The standard InChI is InChI=1S/C15H19NO2/c1-11(2)10-13-8-9-14(17)16(13)15(18)12-6-4-3-5-7-12/h3-7,11,13H,8-10H2,1-2H3. The molecule has 0 radical (unpaired) electrons. The molecule has 0 bridgehead atoms. The maximum absolute atomic E-state index is 12.4. The Balaban J connectivity index is 2.19. The van der Waals surface area contributed by atoms with Crippen LogP contribution in [0.2, 0.25) is 0 Å². The zero-order valence-electron chi connectivity index (χ0n) is 10.9. The van der Waals surface area contributed by atoms with E-state index in [1.165, 1.54) is 4.90 Å². The smallest absolute Gasteiger partial charge is 0.260 e. The fourth-order valence-electron chi connectivity index (χ4n) is 2.51. The van der Waals surface area contributed by atoms with Crippen LogP contribution in [0.1, 0.15) is 43.5 Å². The molecule has 1 fully saturated rings. The van der Waals surface area contributed by atoms with Gasteiger partial charge in [0.25, 0.3) is 5.91 Å². The normalized spacial score (nSPS) is 19.6. The highest BCUT2D eigenvalue weighted by molar-refractivity contribution is 6.05. The zero-order valence-corrected chi connectivity index (χ0v) is 10.9. The first-order valence-electron chi connectivity index (χ1n) is 6.51. The highest BCUT2D eigenvalue weighted by Gasteiger charge is 2.36. The minimum Gasteiger partial charge on any atom is -0.275 e. The maximum Gasteiger partial charge on any atom is 0.260 e. The van der Waals surface area contributed by atoms with E-state index in [0.29, 0.717) is 17.9 Å². The number of imide groups is 1. The Morgan fingerprint density at radius 1 is 1.33 bits per heavy atom. The number of amides is 2. The first kappa shape index (κ1) is 12.8. The van der Waals surface area contributed by atoms with Crippen molar-refractivity contribution in [3.8, 4) is 0 Å². The molecule has 2 amide bonds. The summed E-state index contributed by atoms with van der Waals surface area (Å²) in [6.45, 7) is 4.24. The summed E-state index contributed by atoms with van der Waals surface area (Å²) in [6, 6.07) is 9.12. The zero-order chi connectivity index (χ0) is 13.1. The number of carbonyl (C=O) groups excluding carboxylic acids is 2. The van der Waals surface area contributed by atoms with Gasteiger partial charge in [-0.3, -0.25) is 14.5 Å². The molecule has 3 nitrogen and oxygen atoms in total. The van der Waals surface area contributed by atoms with Crippen LogP contribution < -0.4 is 0 Å². The molecular formula is C15H19NO2. The summed E-state index contributed by atoms with van der Waals surface area (Å²) in [4.78, 5) is 25.7. The van der Waals surface area contributed by atoms with Gasteiger partial charge in [-0.1, -0.05) is 32.0 Å². The van der Waals surface area contributed by atoms with E-state index in [0.717, 1.165) is 12.8 Å². The largest absolute Gasteiger partial charge is 0.275 e. The van der Waals surface area contributed by atoms with Crippen molar-refractivity contribution in [1.29, 1.82) is 0 Å². The maximum atomic E-state index is 12.4. The van der Waals surface area contributed by atoms with Gasteiger partial charge in [-0.2, -0.15) is 0 Å². The average Bonchev–Trinajstić information content (AvgIpc) is 2.70. The van der Waals surface area contributed by atoms with Crippen LogP contribution >= 0.6 is 0 Å². The summed E-state index contributed by atoms with van der Waals surface area (Å²) in [5.74, 6) is 0.310. The highest BCUT2D eigenvalue weighted by atomic mass is 16.2. The van der Waals surface area contributed by atoms with Crippen molar-refractivity contribution in [1.82, 2.24) is 4.90 Å². The fraction of sp³-hybridized carbons (Fsp3) is 0.467. The van der Waals surface area contributed by atoms with Gasteiger partial charge in [0.05, 0.1) is 0 Å². The summed E-state index contributed by atoms with van der Waals surface area (Å²) in [5.41, 5.74) is 0.599. The molecular weight excluding hydrogens is 226 g/mol. The van der Waals surface area contributed by atoms with Crippen LogP contribution in [0.5, 0.6) is 0 Å². The van der Waals surface area contributed by atoms with Gasteiger partial charge in [-0.05, 0) is 30.9 Å². The molecule has 1 aromatic carbocycles. The van der Waals surface area contributed by atoms with Crippen LogP contribution in [0.25, 0.3) is 0 Å². The van der Waals surface area contributed by atoms with Gasteiger partial charge in [0.1, 0.15) is 0 Å². The number of carbonyl (C=O) groups is 2. The lowest BCUT2D eigenvalue weighted by molar-refractivity contribution is -0.126. The number of rotatable bonds is 3. The van der Waals surface area contributed by atoms with E-state index >= 15 is 0 Å². The number of hydrogen-bond donors (Lipinski definition) is 0. The lowest BCUT2D eigenvalue weighted by Crippen LogP contribution is -2.39. The first-order chi connectivity index (χ1) is 8.59. The minimum absolute atomic E-state index is 0.0329. The monoisotopic (exact) mass is 245 g/mol. The summed E-state index contributed by atoms with van der Waals surface area (Å²) < 4.78 is 0. The van der Waals surface area contributed by atoms with E-state index in [4.69, 9.17) is 0 Å². The number of benzene rings is 1. The Morgan fingerprint density at radius 2 is 2.00 bits per heavy atom. The molecule has 0 aromatic heterocycles. The van der Waals surface area contributed by atoms with Gasteiger partial charge in [-0.15, -0.1) is 0 Å². The Bertz CT molecular complexity index is 439. The Hall–Kier alpha value is -1.64. The molecule has 1 saturated heterocycles. The lowest BCUT2D eigenvalue weighted by Gasteiger charge is -2.24. The summed E-state index contributed by atoms with van der Waals surface area (Å²) >= 11 is 0. The van der Waals surface area contributed by atoms with Gasteiger partial charge in [0.2, 0.25) is 5.91 Å². The Morgan fingerprint density at radius 3 is 2.61 bits per heavy atom. The van der Waals surface area contributed by atoms with Gasteiger partial charge in [0, 0.05) is 18.0 Å². The second kappa shape index (κ2) is 5.34. The minimum atomic E-state index is -0.149. The van der Waals surface area contributed by atoms with E-state index in [2.05, 4.69) is 13.8 Å². The van der Waals surface area contributed by atoms with Crippen LogP contribution in [-0.4, -0.2) is 22.8 Å². The van der Waals surface area contributed by atoms with Crippen molar-refractivity contribution in [3.63, 3.8) is 0 Å². The molecule has 0 saturated carbocycles. The summed E-state index contributed by atoms with van der Waals surface area (Å²) in [5, 5.41) is 0. The number of nitrogens with zero attached hydrogens (tertiary/aromatic N) is 1. The number of hydrogen-bond acceptors (Lipinski definition) is 2. The molecule has 3 heteroatoms. The second-order valence-electron chi connectivity index (χ2n) is 5.26. The van der Waals surface area contributed by atoms with Crippen molar-refractivity contribution >= 4 is 11.8 Å². The molecule has 1 unspecified atom stereocenters. The molecule has 0 aliphatic carbocycles. The Kier molecular flexibility index (Phi) is 3.80. The molecule has 1 aliphatic heterocycles. The van der Waals surface area contributed by atoms with Gasteiger partial charge in [-0.25, -0.2) is 0 Å². The van der Waals surface area contributed by atoms with Crippen molar-refractivity contribution in [2.24, 2.45) is 5.92 Å². The fourth-order valence-corrected chi connectivity index (χ4v) is 2.51. The number of likely N-dealkylation sites (tertiary alicyclic amines) is 1. The topological polar surface area (TPSA) is 37.4 Å². The van der Waals surface area contributed by atoms with Gasteiger partial charge in [0.15, 0.2) is 0 Å². The molecule has 1 heterocycles. The van der Waals surface area contributed by atoms with E-state index in [1.807, 2.05) is 18.2 Å². The lowest BCUT2D eigenvalue weighted by atomic mass is 10.0. The van der Waals surface area contributed by atoms with Crippen LogP contribution in [-0.2, 0) is 4.79 Å². The SMILES string of the molecule is CC(C)CC1CCC(=O)N1C(=O)c1ccccc1. The molecule has 2 rings (SSSR count). The van der Waals surface area contributed by atoms with E-state index < -0.39 is 0 Å². The summed E-state index contributed by atoms with van der Waals surface area (Å²) in [7, 11) is 0. The average molecular weight is 245 g/mol. The van der Waals surface area contributed by atoms with Crippen LogP contribution in [0, 0.1) is 5.92 Å². The Labute approximate surface area is 108 Å². The second-order valence-corrected chi connectivity index (χ2v) is 5.26. The van der Waals surface area contributed by atoms with E-state index in [-0.39, 0.29) is 17.9 Å². The molecule has 18 heavy (non-hydrogen) atoms. The van der Waals surface area contributed by atoms with Gasteiger partial charge < -0.3 is 0 Å².